The molecule has 0 bridgehead atoms. The van der Waals surface area contributed by atoms with Crippen LogP contribution in [-0.4, -0.2) is 8.32 Å². The topological polar surface area (TPSA) is 9.23 Å². The third-order valence-corrected chi connectivity index (χ3v) is 8.98. The Morgan fingerprint density at radius 1 is 0.870 bits per heavy atom. The molecule has 1 aliphatic rings. The maximum atomic E-state index is 14.5. The Kier molecular flexibility index (Phi) is 4.06. The van der Waals surface area contributed by atoms with E-state index in [2.05, 4.69) is 0 Å². The van der Waals surface area contributed by atoms with Gasteiger partial charge in [0.1, 0.15) is 0 Å². The maximum Gasteiger partial charge on any atom is 0.228 e. The van der Waals surface area contributed by atoms with Gasteiger partial charge in [-0.3, -0.25) is 0 Å². The van der Waals surface area contributed by atoms with E-state index in [1.807, 2.05) is 13.8 Å². The molecule has 0 amide bonds. The Morgan fingerprint density at radius 2 is 1.43 bits per heavy atom. The number of halogens is 4. The van der Waals surface area contributed by atoms with Gasteiger partial charge in [-0.25, -0.2) is 17.6 Å². The highest BCUT2D eigenvalue weighted by Crippen LogP contribution is 2.41. The lowest BCUT2D eigenvalue weighted by Crippen LogP contribution is -2.48. The van der Waals surface area contributed by atoms with E-state index < -0.39 is 37.7 Å². The molecule has 122 valence electrons. The van der Waals surface area contributed by atoms with Gasteiger partial charge in [-0.15, -0.1) is 0 Å². The summed E-state index contributed by atoms with van der Waals surface area (Å²) in [5.74, 6) is -6.17. The molecule has 2 aromatic rings. The Labute approximate surface area is 133 Å². The molecule has 1 heterocycles. The van der Waals surface area contributed by atoms with Gasteiger partial charge in [-0.05, 0) is 17.7 Å². The van der Waals surface area contributed by atoms with Crippen LogP contribution in [0.15, 0.2) is 30.3 Å². The van der Waals surface area contributed by atoms with Gasteiger partial charge in [0.15, 0.2) is 23.3 Å². The van der Waals surface area contributed by atoms with Gasteiger partial charge in [0.2, 0.25) is 8.32 Å². The number of fused-ring (bicyclic) bond motifs is 1. The third kappa shape index (κ3) is 2.23. The minimum absolute atomic E-state index is 0.0623. The van der Waals surface area contributed by atoms with Crippen molar-refractivity contribution in [2.75, 3.05) is 0 Å². The molecule has 0 aliphatic carbocycles. The molecule has 0 spiro atoms. The number of hydrogen-bond donors (Lipinski definition) is 0. The lowest BCUT2D eigenvalue weighted by molar-refractivity contribution is 0.246. The fraction of sp³-hybridized carbons (Fsp3) is 0.294. The molecule has 0 fully saturated rings. The van der Waals surface area contributed by atoms with Gasteiger partial charge < -0.3 is 4.43 Å². The first-order valence-electron chi connectivity index (χ1n) is 7.56. The quantitative estimate of drug-likeness (QED) is 0.345. The van der Waals surface area contributed by atoms with Crippen molar-refractivity contribution in [3.8, 4) is 0 Å². The fourth-order valence-electron chi connectivity index (χ4n) is 3.32. The summed E-state index contributed by atoms with van der Waals surface area (Å²) < 4.78 is 62.6. The molecule has 0 radical (unpaired) electrons. The summed E-state index contributed by atoms with van der Waals surface area (Å²) >= 11 is 0. The largest absolute Gasteiger partial charge is 0.401 e. The van der Waals surface area contributed by atoms with Crippen molar-refractivity contribution in [1.82, 2.24) is 0 Å². The predicted octanol–water partition coefficient (Wildman–Crippen LogP) is 4.55. The highest BCUT2D eigenvalue weighted by molar-refractivity contribution is 6.87. The SMILES string of the molecule is CC[Si]1(CC)OC(c2ccccc2)c2c(F)c(F)c(F)c(F)c21. The molecule has 23 heavy (non-hydrogen) atoms. The van der Waals surface area contributed by atoms with Crippen LogP contribution < -0.4 is 5.19 Å². The average Bonchev–Trinajstić information content (AvgIpc) is 2.95. The van der Waals surface area contributed by atoms with Crippen LogP contribution in [0.2, 0.25) is 12.1 Å². The number of benzene rings is 2. The van der Waals surface area contributed by atoms with E-state index in [-0.39, 0.29) is 10.8 Å². The molecular formula is C17H16F4OSi. The van der Waals surface area contributed by atoms with Crippen LogP contribution in [-0.2, 0) is 4.43 Å². The molecule has 3 rings (SSSR count). The van der Waals surface area contributed by atoms with Crippen LogP contribution in [0, 0.1) is 23.3 Å². The van der Waals surface area contributed by atoms with Crippen molar-refractivity contribution < 1.29 is 22.0 Å². The predicted molar refractivity (Wildman–Crippen MR) is 82.0 cm³/mol. The minimum atomic E-state index is -2.90. The van der Waals surface area contributed by atoms with Crippen molar-refractivity contribution in [2.24, 2.45) is 0 Å². The van der Waals surface area contributed by atoms with Gasteiger partial charge >= 0.3 is 0 Å². The molecule has 0 N–H and O–H groups in total. The molecule has 0 saturated heterocycles. The molecular weight excluding hydrogens is 324 g/mol. The van der Waals surface area contributed by atoms with Crippen molar-refractivity contribution in [3.05, 3.63) is 64.7 Å². The van der Waals surface area contributed by atoms with Gasteiger partial charge in [-0.1, -0.05) is 44.2 Å². The zero-order valence-electron chi connectivity index (χ0n) is 12.8. The van der Waals surface area contributed by atoms with Gasteiger partial charge in [0.05, 0.1) is 6.10 Å². The van der Waals surface area contributed by atoms with Crippen LogP contribution in [0.25, 0.3) is 0 Å². The summed E-state index contributed by atoms with van der Waals surface area (Å²) in [5, 5.41) is -0.0623. The van der Waals surface area contributed by atoms with Crippen LogP contribution >= 0.6 is 0 Å². The van der Waals surface area contributed by atoms with E-state index in [4.69, 9.17) is 4.43 Å². The second-order valence-corrected chi connectivity index (χ2v) is 9.79. The van der Waals surface area contributed by atoms with Crippen LogP contribution in [0.5, 0.6) is 0 Å². The number of hydrogen-bond acceptors (Lipinski definition) is 1. The first-order valence-corrected chi connectivity index (χ1v) is 9.88. The maximum absolute atomic E-state index is 14.5. The van der Waals surface area contributed by atoms with E-state index in [9.17, 15) is 17.6 Å². The lowest BCUT2D eigenvalue weighted by atomic mass is 10.0. The van der Waals surface area contributed by atoms with Crippen LogP contribution in [0.3, 0.4) is 0 Å². The van der Waals surface area contributed by atoms with E-state index >= 15 is 0 Å². The van der Waals surface area contributed by atoms with E-state index in [0.29, 0.717) is 17.7 Å². The van der Waals surface area contributed by atoms with Gasteiger partial charge in [0.25, 0.3) is 0 Å². The average molecular weight is 340 g/mol. The van der Waals surface area contributed by atoms with Crippen molar-refractivity contribution in [3.63, 3.8) is 0 Å². The second kappa shape index (κ2) is 5.76. The third-order valence-electron chi connectivity index (χ3n) is 4.61. The standard InChI is InChI=1S/C17H16F4OSi/c1-3-23(4-2)17-11(12(18)13(19)14(20)15(17)21)16(22-23)10-8-6-5-7-9-10/h5-9,16H,3-4H2,1-2H3. The summed E-state index contributed by atoms with van der Waals surface area (Å²) in [6.45, 7) is 3.62. The molecule has 0 saturated carbocycles. The summed E-state index contributed by atoms with van der Waals surface area (Å²) in [4.78, 5) is 0. The Bertz CT molecular complexity index is 744. The van der Waals surface area contributed by atoms with Crippen LogP contribution in [0.1, 0.15) is 31.1 Å². The van der Waals surface area contributed by atoms with Crippen molar-refractivity contribution in [2.45, 2.75) is 32.0 Å². The summed E-state index contributed by atoms with van der Waals surface area (Å²) in [6.07, 6.45) is -0.901. The summed E-state index contributed by atoms with van der Waals surface area (Å²) in [5.41, 5.74) is 0.428. The molecule has 6 heteroatoms. The van der Waals surface area contributed by atoms with E-state index in [1.54, 1.807) is 30.3 Å². The Balaban J connectivity index is 2.33. The monoisotopic (exact) mass is 340 g/mol. The first-order chi connectivity index (χ1) is 11.0. The zero-order chi connectivity index (χ0) is 16.8. The number of rotatable bonds is 3. The molecule has 1 unspecified atom stereocenters. The molecule has 1 aliphatic heterocycles. The van der Waals surface area contributed by atoms with Gasteiger partial charge in [-0.2, -0.15) is 0 Å². The minimum Gasteiger partial charge on any atom is -0.401 e. The van der Waals surface area contributed by atoms with E-state index in [1.165, 1.54) is 0 Å². The summed E-state index contributed by atoms with van der Waals surface area (Å²) in [6, 6.07) is 9.61. The van der Waals surface area contributed by atoms with Crippen LogP contribution in [0.4, 0.5) is 17.6 Å². The zero-order valence-corrected chi connectivity index (χ0v) is 13.8. The Hall–Kier alpha value is -1.66. The Morgan fingerprint density at radius 3 is 2.00 bits per heavy atom. The second-order valence-electron chi connectivity index (χ2n) is 5.65. The molecule has 1 nitrogen and oxygen atoms in total. The summed E-state index contributed by atoms with van der Waals surface area (Å²) in [7, 11) is -2.90. The van der Waals surface area contributed by atoms with Gasteiger partial charge in [0, 0.05) is 10.8 Å². The molecule has 0 aromatic heterocycles. The highest BCUT2D eigenvalue weighted by atomic mass is 28.4. The first kappa shape index (κ1) is 16.2. The highest BCUT2D eigenvalue weighted by Gasteiger charge is 2.51. The molecule has 2 aromatic carbocycles. The smallest absolute Gasteiger partial charge is 0.228 e. The van der Waals surface area contributed by atoms with Crippen molar-refractivity contribution in [1.29, 1.82) is 0 Å². The molecule has 1 atom stereocenters. The fourth-order valence-corrected chi connectivity index (χ4v) is 6.92. The van der Waals surface area contributed by atoms with Crippen molar-refractivity contribution >= 4 is 13.5 Å². The lowest BCUT2D eigenvalue weighted by Gasteiger charge is -2.25. The normalized spacial score (nSPS) is 19.0. The van der Waals surface area contributed by atoms with E-state index in [0.717, 1.165) is 0 Å².